The van der Waals surface area contributed by atoms with E-state index in [9.17, 15) is 4.79 Å². The second-order valence-corrected chi connectivity index (χ2v) is 5.50. The second-order valence-electron chi connectivity index (χ2n) is 5.50. The minimum Gasteiger partial charge on any atom is -0.411 e. The van der Waals surface area contributed by atoms with Crippen LogP contribution in [0.5, 0.6) is 0 Å². The Morgan fingerprint density at radius 1 is 1.27 bits per heavy atom. The van der Waals surface area contributed by atoms with Gasteiger partial charge in [0.25, 0.3) is 0 Å². The highest BCUT2D eigenvalue weighted by Gasteiger charge is 2.45. The van der Waals surface area contributed by atoms with Crippen LogP contribution in [0.1, 0.15) is 47.5 Å². The topological polar surface area (TPSA) is 52.9 Å². The molecule has 1 fully saturated rings. The fourth-order valence-corrected chi connectivity index (χ4v) is 2.96. The Kier molecular flexibility index (Phi) is 2.81. The predicted molar refractivity (Wildman–Crippen MR) is 59.1 cm³/mol. The van der Waals surface area contributed by atoms with E-state index < -0.39 is 0 Å². The third-order valence-corrected chi connectivity index (χ3v) is 2.94. The molecule has 1 aliphatic heterocycles. The first-order valence-electron chi connectivity index (χ1n) is 5.21. The summed E-state index contributed by atoms with van der Waals surface area (Å²) in [6.45, 7) is 9.59. The maximum absolute atomic E-state index is 11.6. The fourth-order valence-electron chi connectivity index (χ4n) is 2.96. The van der Waals surface area contributed by atoms with E-state index in [0.29, 0.717) is 12.8 Å². The molecule has 86 valence electrons. The van der Waals surface area contributed by atoms with Gasteiger partial charge in [0.2, 0.25) is 5.91 Å². The third-order valence-electron chi connectivity index (χ3n) is 2.94. The van der Waals surface area contributed by atoms with Crippen molar-refractivity contribution in [2.24, 2.45) is 5.16 Å². The van der Waals surface area contributed by atoms with Crippen LogP contribution in [0.2, 0.25) is 0 Å². The highest BCUT2D eigenvalue weighted by atomic mass is 16.4. The molecular formula is C11H20N2O2. The van der Waals surface area contributed by atoms with E-state index in [1.165, 1.54) is 0 Å². The molecule has 0 bridgehead atoms. The molecule has 4 heteroatoms. The monoisotopic (exact) mass is 212 g/mol. The van der Waals surface area contributed by atoms with E-state index in [4.69, 9.17) is 5.21 Å². The molecule has 15 heavy (non-hydrogen) atoms. The molecule has 1 amide bonds. The zero-order chi connectivity index (χ0) is 11.9. The summed E-state index contributed by atoms with van der Waals surface area (Å²) in [7, 11) is 0. The zero-order valence-corrected chi connectivity index (χ0v) is 10.2. The van der Waals surface area contributed by atoms with Crippen molar-refractivity contribution in [3.8, 4) is 0 Å². The number of carbonyl (C=O) groups is 1. The molecule has 0 spiro atoms. The van der Waals surface area contributed by atoms with Crippen LogP contribution in [-0.2, 0) is 4.79 Å². The number of oxime groups is 1. The summed E-state index contributed by atoms with van der Waals surface area (Å²) >= 11 is 0. The lowest BCUT2D eigenvalue weighted by atomic mass is 9.78. The molecule has 1 N–H and O–H groups in total. The molecule has 0 aromatic heterocycles. The first-order valence-corrected chi connectivity index (χ1v) is 5.21. The molecule has 4 nitrogen and oxygen atoms in total. The summed E-state index contributed by atoms with van der Waals surface area (Å²) in [4.78, 5) is 13.5. The van der Waals surface area contributed by atoms with Crippen LogP contribution in [0.25, 0.3) is 0 Å². The smallest absolute Gasteiger partial charge is 0.220 e. The minimum absolute atomic E-state index is 0.0713. The van der Waals surface area contributed by atoms with Crippen molar-refractivity contribution in [1.29, 1.82) is 0 Å². The van der Waals surface area contributed by atoms with Gasteiger partial charge in [-0.1, -0.05) is 5.16 Å². The Morgan fingerprint density at radius 2 is 1.67 bits per heavy atom. The molecule has 0 atom stereocenters. The second kappa shape index (κ2) is 3.51. The minimum atomic E-state index is -0.283. The van der Waals surface area contributed by atoms with Gasteiger partial charge in [0.05, 0.1) is 5.71 Å². The van der Waals surface area contributed by atoms with Crippen LogP contribution in [0, 0.1) is 0 Å². The predicted octanol–water partition coefficient (Wildman–Crippen LogP) is 2.02. The van der Waals surface area contributed by atoms with Crippen LogP contribution in [0.3, 0.4) is 0 Å². The van der Waals surface area contributed by atoms with Gasteiger partial charge in [0.15, 0.2) is 0 Å². The van der Waals surface area contributed by atoms with Crippen LogP contribution in [-0.4, -0.2) is 32.8 Å². The van der Waals surface area contributed by atoms with Crippen molar-refractivity contribution >= 4 is 11.6 Å². The molecule has 1 aliphatic rings. The average molecular weight is 212 g/mol. The maximum Gasteiger partial charge on any atom is 0.220 e. The number of amides is 1. The van der Waals surface area contributed by atoms with E-state index >= 15 is 0 Å². The number of rotatable bonds is 0. The SMILES string of the molecule is CC(=O)N1C(C)(C)CC(=NO)CC1(C)C. The van der Waals surface area contributed by atoms with Crippen LogP contribution in [0.15, 0.2) is 5.16 Å². The molecule has 1 saturated heterocycles. The van der Waals surface area contributed by atoms with E-state index in [0.717, 1.165) is 5.71 Å². The van der Waals surface area contributed by atoms with Gasteiger partial charge < -0.3 is 10.1 Å². The standard InChI is InChI=1S/C11H20N2O2/c1-8(14)13-10(2,3)6-9(12-15)7-11(13,4)5/h15H,6-7H2,1-5H3. The zero-order valence-electron chi connectivity index (χ0n) is 10.2. The van der Waals surface area contributed by atoms with Gasteiger partial charge in [-0.25, -0.2) is 0 Å². The van der Waals surface area contributed by atoms with Crippen LogP contribution in [0.4, 0.5) is 0 Å². The van der Waals surface area contributed by atoms with E-state index in [2.05, 4.69) is 5.16 Å². The van der Waals surface area contributed by atoms with Crippen molar-refractivity contribution in [2.75, 3.05) is 0 Å². The molecule has 0 aromatic rings. The Morgan fingerprint density at radius 3 is 1.93 bits per heavy atom. The molecule has 1 rings (SSSR count). The first kappa shape index (κ1) is 12.0. The Balaban J connectivity index is 3.12. The van der Waals surface area contributed by atoms with Crippen molar-refractivity contribution < 1.29 is 10.0 Å². The van der Waals surface area contributed by atoms with E-state index in [-0.39, 0.29) is 17.0 Å². The summed E-state index contributed by atoms with van der Waals surface area (Å²) < 4.78 is 0. The number of piperidine rings is 1. The summed E-state index contributed by atoms with van der Waals surface area (Å²) in [5.74, 6) is 0.0713. The summed E-state index contributed by atoms with van der Waals surface area (Å²) in [6.07, 6.45) is 1.26. The lowest BCUT2D eigenvalue weighted by molar-refractivity contribution is -0.142. The molecule has 0 aliphatic carbocycles. The number of hydrogen-bond acceptors (Lipinski definition) is 3. The Bertz CT molecular complexity index is 286. The van der Waals surface area contributed by atoms with E-state index in [1.54, 1.807) is 6.92 Å². The molecule has 0 aromatic carbocycles. The molecule has 1 heterocycles. The van der Waals surface area contributed by atoms with Gasteiger partial charge in [0.1, 0.15) is 0 Å². The largest absolute Gasteiger partial charge is 0.411 e. The summed E-state index contributed by atoms with van der Waals surface area (Å²) in [5.41, 5.74) is 0.201. The lowest BCUT2D eigenvalue weighted by Crippen LogP contribution is -2.62. The summed E-state index contributed by atoms with van der Waals surface area (Å²) in [5, 5.41) is 12.2. The Hall–Kier alpha value is -1.06. The fraction of sp³-hybridized carbons (Fsp3) is 0.818. The van der Waals surface area contributed by atoms with Gasteiger partial charge in [-0.15, -0.1) is 0 Å². The Labute approximate surface area is 90.9 Å². The summed E-state index contributed by atoms with van der Waals surface area (Å²) in [6, 6.07) is 0. The molecule has 0 radical (unpaired) electrons. The normalized spacial score (nSPS) is 23.8. The van der Waals surface area contributed by atoms with Crippen molar-refractivity contribution in [1.82, 2.24) is 4.90 Å². The van der Waals surface area contributed by atoms with Gasteiger partial charge in [-0.05, 0) is 27.7 Å². The average Bonchev–Trinajstić information content (AvgIpc) is 1.97. The third kappa shape index (κ3) is 2.13. The van der Waals surface area contributed by atoms with Gasteiger partial charge in [-0.2, -0.15) is 0 Å². The van der Waals surface area contributed by atoms with Gasteiger partial charge in [-0.3, -0.25) is 4.79 Å². The highest BCUT2D eigenvalue weighted by Crippen LogP contribution is 2.36. The first-order chi connectivity index (χ1) is 6.70. The van der Waals surface area contributed by atoms with Gasteiger partial charge in [0, 0.05) is 30.8 Å². The van der Waals surface area contributed by atoms with Crippen LogP contribution < -0.4 is 0 Å². The molecule has 0 saturated carbocycles. The highest BCUT2D eigenvalue weighted by molar-refractivity contribution is 5.89. The van der Waals surface area contributed by atoms with Crippen molar-refractivity contribution in [3.05, 3.63) is 0 Å². The maximum atomic E-state index is 11.6. The number of likely N-dealkylation sites (tertiary alicyclic amines) is 1. The van der Waals surface area contributed by atoms with Gasteiger partial charge >= 0.3 is 0 Å². The quantitative estimate of drug-likeness (QED) is 0.493. The van der Waals surface area contributed by atoms with Crippen molar-refractivity contribution in [3.63, 3.8) is 0 Å². The number of carbonyl (C=O) groups excluding carboxylic acids is 1. The van der Waals surface area contributed by atoms with Crippen molar-refractivity contribution in [2.45, 2.75) is 58.5 Å². The number of nitrogens with zero attached hydrogens (tertiary/aromatic N) is 2. The molecular weight excluding hydrogens is 192 g/mol. The van der Waals surface area contributed by atoms with E-state index in [1.807, 2.05) is 32.6 Å². The van der Waals surface area contributed by atoms with Crippen LogP contribution >= 0.6 is 0 Å². The molecule has 0 unspecified atom stereocenters. The number of hydrogen-bond donors (Lipinski definition) is 1. The lowest BCUT2D eigenvalue weighted by Gasteiger charge is -2.52.